The molecule has 2 heterocycles. The third-order valence-corrected chi connectivity index (χ3v) is 11.0. The Labute approximate surface area is 320 Å². The van der Waals surface area contributed by atoms with E-state index in [1.54, 1.807) is 7.11 Å². The van der Waals surface area contributed by atoms with Gasteiger partial charge in [0.2, 0.25) is 0 Å². The maximum Gasteiger partial charge on any atom is 0.147 e. The second-order valence-electron chi connectivity index (χ2n) is 14.7. The number of hydrogen-bond acceptors (Lipinski definition) is 4. The molecule has 0 amide bonds. The number of rotatable bonds is 8. The van der Waals surface area contributed by atoms with Crippen molar-refractivity contribution in [2.45, 2.75) is 20.8 Å². The Morgan fingerprint density at radius 2 is 0.818 bits per heavy atom. The predicted molar refractivity (Wildman–Crippen MR) is 229 cm³/mol. The van der Waals surface area contributed by atoms with Crippen molar-refractivity contribution in [2.24, 2.45) is 0 Å². The molecule has 0 aliphatic carbocycles. The number of phenols is 2. The van der Waals surface area contributed by atoms with E-state index in [4.69, 9.17) is 4.74 Å². The molecule has 272 valence electrons. The van der Waals surface area contributed by atoms with E-state index < -0.39 is 0 Å². The average Bonchev–Trinajstić information content (AvgIpc) is 3.71. The molecular weight excluding hydrogens is 679 g/mol. The molecule has 0 atom stereocenters. The Morgan fingerprint density at radius 3 is 1.18 bits per heavy atom. The molecule has 2 N–H and O–H groups in total. The van der Waals surface area contributed by atoms with Gasteiger partial charge in [-0.1, -0.05) is 72.8 Å². The highest BCUT2D eigenvalue weighted by Gasteiger charge is 2.26. The Hall–Kier alpha value is -6.50. The molecule has 0 fully saturated rings. The standard InChI is InChI=1S/C49H43N3O3/c1-30-24-37(39-26-31(2)28-45(48(39)53)51-41-18-10-6-14-33(41)34-15-7-11-19-42(34)51)47(50(4)22-23-55-5)38(25-30)40-27-32(3)29-46(49(40)54)52-43-20-12-8-16-35(43)36-17-9-13-21-44(36)52/h6-21,24-29,53-54H,22-23H2,1-5H3. The van der Waals surface area contributed by atoms with Crippen LogP contribution >= 0.6 is 0 Å². The first kappa shape index (κ1) is 34.3. The van der Waals surface area contributed by atoms with Crippen LogP contribution in [0.4, 0.5) is 5.69 Å². The van der Waals surface area contributed by atoms with Crippen LogP contribution in [0.15, 0.2) is 133 Å². The van der Waals surface area contributed by atoms with E-state index in [1.807, 2.05) is 24.3 Å². The molecule has 6 nitrogen and oxygen atoms in total. The van der Waals surface area contributed by atoms with Gasteiger partial charge in [-0.25, -0.2) is 0 Å². The molecule has 9 rings (SSSR count). The van der Waals surface area contributed by atoms with E-state index in [9.17, 15) is 10.2 Å². The lowest BCUT2D eigenvalue weighted by Crippen LogP contribution is -2.23. The van der Waals surface area contributed by atoms with Gasteiger partial charge in [-0.3, -0.25) is 0 Å². The van der Waals surface area contributed by atoms with Crippen molar-refractivity contribution in [1.82, 2.24) is 9.13 Å². The van der Waals surface area contributed by atoms with Crippen molar-refractivity contribution < 1.29 is 14.9 Å². The minimum Gasteiger partial charge on any atom is -0.505 e. The highest BCUT2D eigenvalue weighted by molar-refractivity contribution is 6.11. The zero-order chi connectivity index (χ0) is 38.0. The highest BCUT2D eigenvalue weighted by atomic mass is 16.5. The lowest BCUT2D eigenvalue weighted by Gasteiger charge is -2.28. The molecule has 0 saturated heterocycles. The highest BCUT2D eigenvalue weighted by Crippen LogP contribution is 2.49. The van der Waals surface area contributed by atoms with Gasteiger partial charge in [-0.05, 0) is 98.1 Å². The van der Waals surface area contributed by atoms with Crippen LogP contribution in [0.2, 0.25) is 0 Å². The van der Waals surface area contributed by atoms with Crippen LogP contribution in [0.25, 0.3) is 77.2 Å². The molecule has 0 aliphatic rings. The maximum absolute atomic E-state index is 12.5. The molecule has 9 aromatic rings. The molecule has 6 heteroatoms. The van der Waals surface area contributed by atoms with E-state index in [2.05, 4.69) is 151 Å². The summed E-state index contributed by atoms with van der Waals surface area (Å²) in [5, 5.41) is 29.6. The number of fused-ring (bicyclic) bond motifs is 6. The van der Waals surface area contributed by atoms with Gasteiger partial charge >= 0.3 is 0 Å². The molecular formula is C49H43N3O3. The summed E-state index contributed by atoms with van der Waals surface area (Å²) in [7, 11) is 3.76. The number of anilines is 1. The third-order valence-electron chi connectivity index (χ3n) is 11.0. The first-order chi connectivity index (χ1) is 26.7. The molecule has 0 aliphatic heterocycles. The molecule has 0 spiro atoms. The normalized spacial score (nSPS) is 11.7. The molecule has 0 saturated carbocycles. The minimum atomic E-state index is 0.189. The summed E-state index contributed by atoms with van der Waals surface area (Å²) in [6.07, 6.45) is 0. The van der Waals surface area contributed by atoms with Crippen molar-refractivity contribution in [3.8, 4) is 45.1 Å². The number of nitrogens with zero attached hydrogens (tertiary/aromatic N) is 3. The number of likely N-dealkylation sites (N-methyl/N-ethyl adjacent to an activating group) is 1. The molecule has 7 aromatic carbocycles. The fourth-order valence-electron chi connectivity index (χ4n) is 8.58. The van der Waals surface area contributed by atoms with Crippen molar-refractivity contribution in [1.29, 1.82) is 0 Å². The molecule has 0 bridgehead atoms. The molecule has 2 aromatic heterocycles. The summed E-state index contributed by atoms with van der Waals surface area (Å²) in [5.41, 5.74) is 12.7. The van der Waals surface area contributed by atoms with Gasteiger partial charge in [0, 0.05) is 64.5 Å². The zero-order valence-corrected chi connectivity index (χ0v) is 31.8. The van der Waals surface area contributed by atoms with Gasteiger partial charge in [-0.15, -0.1) is 0 Å². The topological polar surface area (TPSA) is 62.8 Å². The van der Waals surface area contributed by atoms with Crippen LogP contribution in [0.3, 0.4) is 0 Å². The fraction of sp³-hybridized carbons (Fsp3) is 0.143. The van der Waals surface area contributed by atoms with Crippen LogP contribution in [-0.4, -0.2) is 46.7 Å². The Morgan fingerprint density at radius 1 is 0.491 bits per heavy atom. The van der Waals surface area contributed by atoms with E-state index in [1.165, 1.54) is 0 Å². The van der Waals surface area contributed by atoms with E-state index in [-0.39, 0.29) is 11.5 Å². The lowest BCUT2D eigenvalue weighted by atomic mass is 9.90. The smallest absolute Gasteiger partial charge is 0.147 e. The maximum atomic E-state index is 12.5. The fourth-order valence-corrected chi connectivity index (χ4v) is 8.58. The zero-order valence-electron chi connectivity index (χ0n) is 31.8. The Kier molecular flexibility index (Phi) is 8.36. The van der Waals surface area contributed by atoms with Crippen LogP contribution in [0.5, 0.6) is 11.5 Å². The van der Waals surface area contributed by atoms with E-state index >= 15 is 0 Å². The van der Waals surface area contributed by atoms with Gasteiger partial charge in [0.1, 0.15) is 11.5 Å². The van der Waals surface area contributed by atoms with Crippen molar-refractivity contribution in [3.05, 3.63) is 150 Å². The summed E-state index contributed by atoms with van der Waals surface area (Å²) in [5.74, 6) is 0.379. The van der Waals surface area contributed by atoms with E-state index in [0.29, 0.717) is 24.5 Å². The second-order valence-corrected chi connectivity index (χ2v) is 14.7. The van der Waals surface area contributed by atoms with E-state index in [0.717, 1.165) is 88.2 Å². The van der Waals surface area contributed by atoms with Gasteiger partial charge in [0.15, 0.2) is 0 Å². The molecule has 0 radical (unpaired) electrons. The number of aryl methyl sites for hydroxylation is 3. The largest absolute Gasteiger partial charge is 0.505 e. The van der Waals surface area contributed by atoms with Gasteiger partial charge in [0.25, 0.3) is 0 Å². The lowest BCUT2D eigenvalue weighted by molar-refractivity contribution is 0.206. The first-order valence-corrected chi connectivity index (χ1v) is 18.7. The molecule has 55 heavy (non-hydrogen) atoms. The van der Waals surface area contributed by atoms with Crippen molar-refractivity contribution >= 4 is 49.3 Å². The quantitative estimate of drug-likeness (QED) is 0.164. The summed E-state index contributed by atoms with van der Waals surface area (Å²) in [4.78, 5) is 2.18. The number of ether oxygens (including phenoxy) is 1. The number of phenolic OH excluding ortho intramolecular Hbond substituents is 2. The monoisotopic (exact) mass is 721 g/mol. The number of para-hydroxylation sites is 4. The van der Waals surface area contributed by atoms with Crippen LogP contribution in [-0.2, 0) is 4.74 Å². The number of methoxy groups -OCH3 is 1. The third kappa shape index (κ3) is 5.52. The second kappa shape index (κ2) is 13.4. The van der Waals surface area contributed by atoms with Crippen LogP contribution < -0.4 is 4.90 Å². The summed E-state index contributed by atoms with van der Waals surface area (Å²) in [6, 6.07) is 46.0. The summed E-state index contributed by atoms with van der Waals surface area (Å²) in [6.45, 7) is 7.33. The van der Waals surface area contributed by atoms with Crippen LogP contribution in [0, 0.1) is 20.8 Å². The van der Waals surface area contributed by atoms with Crippen molar-refractivity contribution in [3.63, 3.8) is 0 Å². The Balaban J connectivity index is 1.32. The number of hydrogen-bond donors (Lipinski definition) is 2. The molecule has 0 unspecified atom stereocenters. The summed E-state index contributed by atoms with van der Waals surface area (Å²) >= 11 is 0. The van der Waals surface area contributed by atoms with Crippen molar-refractivity contribution in [2.75, 3.05) is 32.2 Å². The number of benzene rings is 7. The minimum absolute atomic E-state index is 0.189. The van der Waals surface area contributed by atoms with Crippen LogP contribution in [0.1, 0.15) is 16.7 Å². The average molecular weight is 722 g/mol. The van der Waals surface area contributed by atoms with Gasteiger partial charge in [0.05, 0.1) is 45.7 Å². The Bertz CT molecular complexity index is 2660. The predicted octanol–water partition coefficient (Wildman–Crippen LogP) is 11.6. The summed E-state index contributed by atoms with van der Waals surface area (Å²) < 4.78 is 9.93. The number of aromatic nitrogens is 2. The van der Waals surface area contributed by atoms with Gasteiger partial charge < -0.3 is 29.0 Å². The first-order valence-electron chi connectivity index (χ1n) is 18.7. The number of aromatic hydroxyl groups is 2. The SMILES string of the molecule is COCCN(C)c1c(-c2cc(C)cc(-n3c4ccccc4c4ccccc43)c2O)cc(C)cc1-c1cc(C)cc(-n2c3ccccc3c3ccccc32)c1O. The van der Waals surface area contributed by atoms with Gasteiger partial charge in [-0.2, -0.15) is 0 Å².